The van der Waals surface area contributed by atoms with Crippen molar-refractivity contribution >= 4 is 89.3 Å². The summed E-state index contributed by atoms with van der Waals surface area (Å²) in [6, 6.07) is 20.4. The van der Waals surface area contributed by atoms with Crippen LogP contribution in [-0.2, 0) is 17.8 Å². The molecule has 0 saturated carbocycles. The number of pyridine rings is 2. The van der Waals surface area contributed by atoms with E-state index in [1.54, 1.807) is 59.0 Å². The molecule has 0 spiro atoms. The number of nitrogens with one attached hydrogen (secondary N) is 1. The van der Waals surface area contributed by atoms with Gasteiger partial charge in [-0.3, -0.25) is 4.79 Å². The van der Waals surface area contributed by atoms with Crippen molar-refractivity contribution in [3.63, 3.8) is 0 Å². The fraction of sp³-hybridized carbons (Fsp3) is 0.160. The second kappa shape index (κ2) is 21.7. The molecule has 0 atom stereocenters. The molecule has 10 aromatic rings. The number of halogens is 5. The third-order valence-electron chi connectivity index (χ3n) is 10.7. The third kappa shape index (κ3) is 9.55. The first-order valence-electron chi connectivity index (χ1n) is 19.7. The van der Waals surface area contributed by atoms with Crippen LogP contribution in [0.4, 0.5) is 17.6 Å². The SMILES string of the molecule is C.C.C.CCOC(=O)c1c(-c2cccnc2OC)c2c3scnc3ccc2n1Cc1ccc(F)cc1F.Cl.O=C(O)c1c(-c2ccc[nH]c2=O)c2c3scnc3ccc2n1Cc1ccc(F)cc1F. The summed E-state index contributed by atoms with van der Waals surface area (Å²) in [5.41, 5.74) is 7.56. The smallest absolute Gasteiger partial charge is 0.355 e. The van der Waals surface area contributed by atoms with Crippen molar-refractivity contribution < 1.29 is 41.7 Å². The molecule has 0 bridgehead atoms. The molecule has 0 unspecified atom stereocenters. The molecule has 2 N–H and O–H groups in total. The van der Waals surface area contributed by atoms with Crippen LogP contribution >= 0.6 is 35.1 Å². The average molecular weight is 1000 g/mol. The number of carbonyl (C=O) groups is 2. The number of carboxylic acid groups (broad SMARTS) is 1. The van der Waals surface area contributed by atoms with Gasteiger partial charge in [-0.25, -0.2) is 42.1 Å². The molecule has 6 aromatic heterocycles. The topological polar surface area (TPSA) is 154 Å². The number of ether oxygens (including phenoxy) is 2. The molecule has 0 aliphatic carbocycles. The highest BCUT2D eigenvalue weighted by Gasteiger charge is 2.30. The van der Waals surface area contributed by atoms with Gasteiger partial charge in [-0.1, -0.05) is 34.4 Å². The number of esters is 1. The number of nitrogens with zero attached hydrogens (tertiary/aromatic N) is 5. The van der Waals surface area contributed by atoms with Crippen LogP contribution in [0.25, 0.3) is 64.5 Å². The summed E-state index contributed by atoms with van der Waals surface area (Å²) in [4.78, 5) is 54.0. The van der Waals surface area contributed by atoms with Gasteiger partial charge in [0.15, 0.2) is 0 Å². The molecule has 0 fully saturated rings. The van der Waals surface area contributed by atoms with Crippen LogP contribution in [0.15, 0.2) is 113 Å². The summed E-state index contributed by atoms with van der Waals surface area (Å²) in [6.45, 7) is 1.71. The lowest BCUT2D eigenvalue weighted by Crippen LogP contribution is -2.15. The fourth-order valence-electron chi connectivity index (χ4n) is 8.01. The van der Waals surface area contributed by atoms with Gasteiger partial charge in [-0.2, -0.15) is 0 Å². The molecule has 4 aromatic carbocycles. The molecule has 0 amide bonds. The van der Waals surface area contributed by atoms with Crippen LogP contribution < -0.4 is 10.3 Å². The molecule has 10 rings (SSSR count). The number of aromatic amines is 1. The Hall–Kier alpha value is -7.41. The number of aromatic nitrogens is 6. The minimum atomic E-state index is -1.27. The Morgan fingerprint density at radius 2 is 1.23 bits per heavy atom. The molecule has 6 heterocycles. The summed E-state index contributed by atoms with van der Waals surface area (Å²) >= 11 is 2.76. The van der Waals surface area contributed by atoms with Gasteiger partial charge in [0.1, 0.15) is 34.7 Å². The standard InChI is InChI=1S/C25H19F2N3O3S.C22H13F2N3O3S.3CH4.ClH/c1-3-33-25(31)22-20(16-5-4-10-28-24(16)32-2)21-19(9-8-18-23(21)34-13-29-18)30(22)12-14-6-7-15(26)11-17(14)27;23-12-4-3-11(14(24)8-12)9-27-16-6-5-15-20(31-10-26-15)18(16)17(19(27)22(29)30)13-2-1-7-25-21(13)28;;;;/h4-11,13H,3,12H2,1-2H3;1-8,10H,9H2,(H,25,28)(H,29,30);3*1H4;1H. The molecule has 0 aliphatic rings. The van der Waals surface area contributed by atoms with Gasteiger partial charge < -0.3 is 28.7 Å². The molecule has 358 valence electrons. The maximum Gasteiger partial charge on any atom is 0.355 e. The molecule has 0 aliphatic heterocycles. The average Bonchev–Trinajstić information content (AvgIpc) is 4.10. The number of benzene rings is 4. The van der Waals surface area contributed by atoms with Crippen molar-refractivity contribution in [2.45, 2.75) is 42.3 Å². The van der Waals surface area contributed by atoms with Crippen LogP contribution in [-0.4, -0.2) is 59.8 Å². The van der Waals surface area contributed by atoms with Gasteiger partial charge in [0.25, 0.3) is 5.56 Å². The van der Waals surface area contributed by atoms with E-state index in [0.29, 0.717) is 38.9 Å². The number of carboxylic acids is 1. The van der Waals surface area contributed by atoms with E-state index in [1.807, 2.05) is 18.2 Å². The lowest BCUT2D eigenvalue weighted by atomic mass is 10.0. The van der Waals surface area contributed by atoms with E-state index in [1.165, 1.54) is 58.7 Å². The number of fused-ring (bicyclic) bond motifs is 6. The lowest BCUT2D eigenvalue weighted by Gasteiger charge is -2.13. The van der Waals surface area contributed by atoms with Gasteiger partial charge >= 0.3 is 11.9 Å². The molecule has 69 heavy (non-hydrogen) atoms. The Balaban J connectivity index is 0.000000244. The molecule has 0 saturated heterocycles. The quantitative estimate of drug-likeness (QED) is 0.101. The Bertz CT molecular complexity index is 3570. The Morgan fingerprint density at radius 3 is 1.72 bits per heavy atom. The number of rotatable bonds is 10. The first kappa shape index (κ1) is 52.6. The highest BCUT2D eigenvalue weighted by Crippen LogP contribution is 2.44. The van der Waals surface area contributed by atoms with Crippen molar-refractivity contribution in [1.82, 2.24) is 29.1 Å². The Labute approximate surface area is 406 Å². The Morgan fingerprint density at radius 1 is 0.710 bits per heavy atom. The molecular weight excluding hydrogens is 956 g/mol. The van der Waals surface area contributed by atoms with Crippen molar-refractivity contribution in [3.05, 3.63) is 164 Å². The second-order valence-corrected chi connectivity index (χ2v) is 16.1. The van der Waals surface area contributed by atoms with Crippen molar-refractivity contribution in [3.8, 4) is 28.1 Å². The second-order valence-electron chi connectivity index (χ2n) is 14.4. The minimum Gasteiger partial charge on any atom is -0.481 e. The van der Waals surface area contributed by atoms with E-state index >= 15 is 0 Å². The number of hydrogen-bond donors (Lipinski definition) is 2. The first-order valence-corrected chi connectivity index (χ1v) is 21.5. The van der Waals surface area contributed by atoms with Gasteiger partial charge in [0, 0.05) is 63.1 Å². The zero-order chi connectivity index (χ0) is 45.5. The number of carbonyl (C=O) groups excluding carboxylic acids is 1. The summed E-state index contributed by atoms with van der Waals surface area (Å²) in [5.74, 6) is -4.38. The van der Waals surface area contributed by atoms with E-state index in [-0.39, 0.29) is 88.0 Å². The third-order valence-corrected chi connectivity index (χ3v) is 12.4. The van der Waals surface area contributed by atoms with E-state index in [0.717, 1.165) is 38.5 Å². The lowest BCUT2D eigenvalue weighted by molar-refractivity contribution is 0.0515. The Kier molecular flexibility index (Phi) is 16.5. The van der Waals surface area contributed by atoms with E-state index in [4.69, 9.17) is 9.47 Å². The number of aromatic carboxylic acids is 1. The van der Waals surface area contributed by atoms with Crippen LogP contribution in [0.2, 0.25) is 0 Å². The molecular formula is C50H45ClF4N6O6S2. The largest absolute Gasteiger partial charge is 0.481 e. The molecule has 12 nitrogen and oxygen atoms in total. The first-order chi connectivity index (χ1) is 31.5. The normalized spacial score (nSPS) is 10.7. The maximum absolute atomic E-state index is 14.7. The predicted octanol–water partition coefficient (Wildman–Crippen LogP) is 12.8. The zero-order valence-corrected chi connectivity index (χ0v) is 36.9. The fourth-order valence-corrected chi connectivity index (χ4v) is 9.68. The molecule has 19 heteroatoms. The highest BCUT2D eigenvalue weighted by atomic mass is 35.5. The number of thiazole rings is 2. The highest BCUT2D eigenvalue weighted by molar-refractivity contribution is 7.18. The summed E-state index contributed by atoms with van der Waals surface area (Å²) < 4.78 is 71.6. The van der Waals surface area contributed by atoms with E-state index < -0.39 is 40.8 Å². The predicted molar refractivity (Wildman–Crippen MR) is 267 cm³/mol. The maximum atomic E-state index is 14.7. The number of hydrogen-bond acceptors (Lipinski definition) is 10. The number of H-pyrrole nitrogens is 1. The van der Waals surface area contributed by atoms with E-state index in [2.05, 4.69) is 19.9 Å². The molecule has 0 radical (unpaired) electrons. The zero-order valence-electron chi connectivity index (χ0n) is 34.5. The van der Waals surface area contributed by atoms with Crippen LogP contribution in [0.1, 0.15) is 61.3 Å². The van der Waals surface area contributed by atoms with Gasteiger partial charge in [-0.15, -0.1) is 35.1 Å². The summed E-state index contributed by atoms with van der Waals surface area (Å²) in [6.07, 6.45) is 3.06. The summed E-state index contributed by atoms with van der Waals surface area (Å²) in [5, 5.41) is 11.4. The van der Waals surface area contributed by atoms with Crippen molar-refractivity contribution in [2.24, 2.45) is 0 Å². The van der Waals surface area contributed by atoms with Crippen LogP contribution in [0.5, 0.6) is 5.88 Å². The summed E-state index contributed by atoms with van der Waals surface area (Å²) in [7, 11) is 1.51. The van der Waals surface area contributed by atoms with E-state index in [9.17, 15) is 37.1 Å². The van der Waals surface area contributed by atoms with Crippen molar-refractivity contribution in [1.29, 1.82) is 0 Å². The van der Waals surface area contributed by atoms with Gasteiger partial charge in [-0.05, 0) is 67.6 Å². The monoisotopic (exact) mass is 1000 g/mol. The van der Waals surface area contributed by atoms with Gasteiger partial charge in [0.2, 0.25) is 5.88 Å². The minimum absolute atomic E-state index is 0. The van der Waals surface area contributed by atoms with Crippen molar-refractivity contribution in [2.75, 3.05) is 13.7 Å². The van der Waals surface area contributed by atoms with Gasteiger partial charge in [0.05, 0.1) is 74.9 Å². The number of methoxy groups -OCH3 is 1. The van der Waals surface area contributed by atoms with Crippen LogP contribution in [0, 0.1) is 23.3 Å². The van der Waals surface area contributed by atoms with Crippen LogP contribution in [0.3, 0.4) is 0 Å².